The molecule has 4 aromatic rings. The summed E-state index contributed by atoms with van der Waals surface area (Å²) >= 11 is 1.61. The zero-order valence-electron chi connectivity index (χ0n) is 21.9. The number of nitrogens with one attached hydrogen (secondary N) is 3. The molecule has 1 atom stereocenters. The summed E-state index contributed by atoms with van der Waals surface area (Å²) in [5.41, 5.74) is 3.39. The van der Waals surface area contributed by atoms with Crippen molar-refractivity contribution in [3.63, 3.8) is 0 Å². The van der Waals surface area contributed by atoms with Crippen LogP contribution in [0.25, 0.3) is 21.7 Å². The molecule has 0 spiro atoms. The fourth-order valence-corrected chi connectivity index (χ4v) is 5.44. The fraction of sp³-hybridized carbons (Fsp3) is 0.300. The van der Waals surface area contributed by atoms with Gasteiger partial charge in [0, 0.05) is 34.5 Å². The van der Waals surface area contributed by atoms with E-state index in [4.69, 9.17) is 4.74 Å². The van der Waals surface area contributed by atoms with Gasteiger partial charge in [-0.25, -0.2) is 0 Å². The van der Waals surface area contributed by atoms with Crippen molar-refractivity contribution in [1.82, 2.24) is 10.3 Å². The van der Waals surface area contributed by atoms with Crippen molar-refractivity contribution < 1.29 is 19.1 Å². The van der Waals surface area contributed by atoms with E-state index < -0.39 is 6.04 Å². The summed E-state index contributed by atoms with van der Waals surface area (Å²) in [5, 5.41) is 8.97. The van der Waals surface area contributed by atoms with Gasteiger partial charge in [0.2, 0.25) is 11.8 Å². The first-order valence-corrected chi connectivity index (χ1v) is 13.8. The number of aryl methyl sites for hydroxylation is 1. The number of hydrogen-bond acceptors (Lipinski definition) is 5. The summed E-state index contributed by atoms with van der Waals surface area (Å²) in [4.78, 5) is 41.1. The maximum atomic E-state index is 13.3. The first-order valence-electron chi connectivity index (χ1n) is 12.7. The van der Waals surface area contributed by atoms with E-state index in [0.29, 0.717) is 35.8 Å². The molecule has 0 radical (unpaired) electrons. The van der Waals surface area contributed by atoms with Gasteiger partial charge in [-0.15, -0.1) is 0 Å². The van der Waals surface area contributed by atoms with Gasteiger partial charge in [-0.05, 0) is 72.7 Å². The minimum Gasteiger partial charge on any atom is -0.497 e. The van der Waals surface area contributed by atoms with Crippen molar-refractivity contribution in [2.24, 2.45) is 0 Å². The maximum Gasteiger partial charge on any atom is 0.246 e. The molecule has 0 saturated carbocycles. The fourth-order valence-electron chi connectivity index (χ4n) is 4.41. The quantitative estimate of drug-likeness (QED) is 0.212. The predicted octanol–water partition coefficient (Wildman–Crippen LogP) is 5.41. The Morgan fingerprint density at radius 1 is 1.00 bits per heavy atom. The van der Waals surface area contributed by atoms with Gasteiger partial charge in [0.15, 0.2) is 0 Å². The van der Waals surface area contributed by atoms with Crippen molar-refractivity contribution in [2.75, 3.05) is 23.9 Å². The van der Waals surface area contributed by atoms with E-state index in [0.717, 1.165) is 32.9 Å². The van der Waals surface area contributed by atoms with Gasteiger partial charge in [0.05, 0.1) is 13.5 Å². The SMILES string of the molecule is COc1ccc2[nH]c(C)c(CC(=O)N[C@@H](CCSCCC(C)=O)C(=O)Nc3ccc4ccccc4c3)c2c1. The number of aromatic nitrogens is 1. The number of aromatic amines is 1. The van der Waals surface area contributed by atoms with Gasteiger partial charge < -0.3 is 20.4 Å². The van der Waals surface area contributed by atoms with Crippen LogP contribution in [0.5, 0.6) is 5.75 Å². The minimum absolute atomic E-state index is 0.135. The number of H-pyrrole nitrogens is 1. The molecule has 0 fully saturated rings. The molecule has 0 aliphatic heterocycles. The number of ether oxygens (including phenoxy) is 1. The first kappa shape index (κ1) is 27.3. The van der Waals surface area contributed by atoms with Crippen molar-refractivity contribution in [2.45, 2.75) is 39.2 Å². The molecule has 3 N–H and O–H groups in total. The van der Waals surface area contributed by atoms with Crippen molar-refractivity contribution in [3.8, 4) is 5.75 Å². The van der Waals surface area contributed by atoms with Gasteiger partial charge >= 0.3 is 0 Å². The molecule has 0 bridgehead atoms. The topological polar surface area (TPSA) is 100 Å². The Bertz CT molecular complexity index is 1460. The lowest BCUT2D eigenvalue weighted by Gasteiger charge is -2.19. The molecule has 0 aliphatic rings. The van der Waals surface area contributed by atoms with Gasteiger partial charge in [-0.2, -0.15) is 11.8 Å². The van der Waals surface area contributed by atoms with Crippen LogP contribution in [0.1, 0.15) is 31.0 Å². The normalized spacial score (nSPS) is 11.9. The lowest BCUT2D eigenvalue weighted by molar-refractivity contribution is -0.126. The zero-order valence-corrected chi connectivity index (χ0v) is 22.7. The van der Waals surface area contributed by atoms with E-state index in [9.17, 15) is 14.4 Å². The standard InChI is InChI=1S/C30H33N3O4S/c1-19(34)12-14-38-15-13-28(30(36)32-23-9-8-21-6-4-5-7-22(21)16-23)33-29(35)18-25-20(2)31-27-11-10-24(37-3)17-26(25)27/h4-11,16-17,28,31H,12-15,18H2,1-3H3,(H,32,36)(H,33,35)/t28-/m0/s1. The van der Waals surface area contributed by atoms with Crippen LogP contribution in [-0.4, -0.2) is 47.2 Å². The van der Waals surface area contributed by atoms with Gasteiger partial charge in [0.25, 0.3) is 0 Å². The van der Waals surface area contributed by atoms with Gasteiger partial charge in [-0.3, -0.25) is 14.4 Å². The largest absolute Gasteiger partial charge is 0.497 e. The number of methoxy groups -OCH3 is 1. The molecular weight excluding hydrogens is 498 g/mol. The smallest absolute Gasteiger partial charge is 0.246 e. The molecular formula is C30H33N3O4S. The lowest BCUT2D eigenvalue weighted by Crippen LogP contribution is -2.44. The number of fused-ring (bicyclic) bond motifs is 2. The number of rotatable bonds is 12. The third kappa shape index (κ3) is 6.95. The number of hydrogen-bond donors (Lipinski definition) is 3. The highest BCUT2D eigenvalue weighted by Crippen LogP contribution is 2.27. The summed E-state index contributed by atoms with van der Waals surface area (Å²) in [6.07, 6.45) is 1.08. The van der Waals surface area contributed by atoms with E-state index >= 15 is 0 Å². The van der Waals surface area contributed by atoms with E-state index in [1.54, 1.807) is 25.8 Å². The maximum absolute atomic E-state index is 13.3. The first-order chi connectivity index (χ1) is 18.3. The van der Waals surface area contributed by atoms with Crippen LogP contribution >= 0.6 is 11.8 Å². The third-order valence-electron chi connectivity index (χ3n) is 6.48. The molecule has 1 heterocycles. The Balaban J connectivity index is 1.47. The van der Waals surface area contributed by atoms with Crippen LogP contribution in [0.3, 0.4) is 0 Å². The summed E-state index contributed by atoms with van der Waals surface area (Å²) in [7, 11) is 1.61. The molecule has 2 amide bonds. The number of amides is 2. The summed E-state index contributed by atoms with van der Waals surface area (Å²) in [5.74, 6) is 1.70. The molecule has 0 saturated heterocycles. The molecule has 3 aromatic carbocycles. The monoisotopic (exact) mass is 531 g/mol. The summed E-state index contributed by atoms with van der Waals surface area (Å²) < 4.78 is 5.36. The third-order valence-corrected chi connectivity index (χ3v) is 7.50. The average molecular weight is 532 g/mol. The van der Waals surface area contributed by atoms with Crippen molar-refractivity contribution in [1.29, 1.82) is 0 Å². The van der Waals surface area contributed by atoms with Crippen LogP contribution in [0.4, 0.5) is 5.69 Å². The Hall–Kier alpha value is -3.78. The lowest BCUT2D eigenvalue weighted by atomic mass is 10.1. The molecule has 38 heavy (non-hydrogen) atoms. The second kappa shape index (κ2) is 12.6. The molecule has 198 valence electrons. The Morgan fingerprint density at radius 3 is 2.55 bits per heavy atom. The highest BCUT2D eigenvalue weighted by molar-refractivity contribution is 7.99. The van der Waals surface area contributed by atoms with Crippen LogP contribution in [0.2, 0.25) is 0 Å². The van der Waals surface area contributed by atoms with Gasteiger partial charge in [0.1, 0.15) is 17.6 Å². The molecule has 4 rings (SSSR count). The Kier molecular flexibility index (Phi) is 9.07. The number of carbonyl (C=O) groups excluding carboxylic acids is 3. The number of ketones is 1. The second-order valence-corrected chi connectivity index (χ2v) is 10.6. The van der Waals surface area contributed by atoms with Crippen molar-refractivity contribution in [3.05, 3.63) is 71.9 Å². The van der Waals surface area contributed by atoms with Crippen LogP contribution in [0.15, 0.2) is 60.7 Å². The van der Waals surface area contributed by atoms with E-state index in [2.05, 4.69) is 15.6 Å². The molecule has 8 heteroatoms. The summed E-state index contributed by atoms with van der Waals surface area (Å²) in [6, 6.07) is 18.7. The van der Waals surface area contributed by atoms with E-state index in [-0.39, 0.29) is 24.0 Å². The highest BCUT2D eigenvalue weighted by Gasteiger charge is 2.22. The minimum atomic E-state index is -0.709. The second-order valence-electron chi connectivity index (χ2n) is 9.34. The van der Waals surface area contributed by atoms with Gasteiger partial charge in [-0.1, -0.05) is 30.3 Å². The van der Waals surface area contributed by atoms with Crippen LogP contribution in [0, 0.1) is 6.92 Å². The number of anilines is 1. The summed E-state index contributed by atoms with van der Waals surface area (Å²) in [6.45, 7) is 3.51. The molecule has 7 nitrogen and oxygen atoms in total. The predicted molar refractivity (Wildman–Crippen MR) is 155 cm³/mol. The number of thioether (sulfide) groups is 1. The van der Waals surface area contributed by atoms with E-state index in [1.165, 1.54) is 0 Å². The molecule has 0 unspecified atom stereocenters. The Labute approximate surface area is 226 Å². The number of Topliss-reactive ketones (excluding diaryl/α,β-unsaturated/α-hetero) is 1. The number of benzene rings is 3. The average Bonchev–Trinajstić information content (AvgIpc) is 3.21. The van der Waals surface area contributed by atoms with Crippen LogP contribution in [-0.2, 0) is 20.8 Å². The zero-order chi connectivity index (χ0) is 27.1. The highest BCUT2D eigenvalue weighted by atomic mass is 32.2. The van der Waals surface area contributed by atoms with Crippen LogP contribution < -0.4 is 15.4 Å². The molecule has 1 aromatic heterocycles. The Morgan fingerprint density at radius 2 is 1.79 bits per heavy atom. The molecule has 0 aliphatic carbocycles. The number of carbonyl (C=O) groups is 3. The van der Waals surface area contributed by atoms with E-state index in [1.807, 2.05) is 67.6 Å². The van der Waals surface area contributed by atoms with Crippen molar-refractivity contribution >= 4 is 56.7 Å².